The van der Waals surface area contributed by atoms with E-state index >= 15 is 0 Å². The van der Waals surface area contributed by atoms with Gasteiger partial charge in [-0.3, -0.25) is 14.4 Å². The largest absolute Gasteiger partial charge is 0.481 e. The molecule has 2 N–H and O–H groups in total. The molecule has 1 atom stereocenters. The summed E-state index contributed by atoms with van der Waals surface area (Å²) in [5.74, 6) is -0.162. The summed E-state index contributed by atoms with van der Waals surface area (Å²) >= 11 is 1.55. The zero-order valence-electron chi connectivity index (χ0n) is 14.5. The molecule has 2 heterocycles. The van der Waals surface area contributed by atoms with E-state index in [0.717, 1.165) is 10.9 Å². The molecule has 0 bridgehead atoms. The van der Waals surface area contributed by atoms with Gasteiger partial charge in [-0.05, 0) is 12.5 Å². The molecule has 2 amide bonds. The summed E-state index contributed by atoms with van der Waals surface area (Å²) in [6, 6.07) is 7.05. The highest BCUT2D eigenvalue weighted by molar-refractivity contribution is 7.99. The van der Waals surface area contributed by atoms with Crippen LogP contribution in [0.15, 0.2) is 30.5 Å². The predicted molar refractivity (Wildman–Crippen MR) is 100 cm³/mol. The first-order chi connectivity index (χ1) is 12.5. The summed E-state index contributed by atoms with van der Waals surface area (Å²) in [7, 11) is 1.65. The number of amides is 2. The van der Waals surface area contributed by atoms with Gasteiger partial charge in [-0.2, -0.15) is 0 Å². The number of aliphatic carboxylic acids is 1. The number of para-hydroxylation sites is 1. The van der Waals surface area contributed by atoms with Gasteiger partial charge in [0.05, 0.1) is 11.4 Å². The van der Waals surface area contributed by atoms with Gasteiger partial charge in [0.15, 0.2) is 0 Å². The van der Waals surface area contributed by atoms with Crippen LogP contribution in [0.1, 0.15) is 23.2 Å². The summed E-state index contributed by atoms with van der Waals surface area (Å²) in [4.78, 5) is 42.6. The van der Waals surface area contributed by atoms with Gasteiger partial charge in [-0.25, -0.2) is 0 Å². The predicted octanol–water partition coefficient (Wildman–Crippen LogP) is 2.01. The van der Waals surface area contributed by atoms with Crippen LogP contribution in [0.2, 0.25) is 0 Å². The van der Waals surface area contributed by atoms with E-state index in [1.54, 1.807) is 29.9 Å². The van der Waals surface area contributed by atoms with Crippen LogP contribution in [0.25, 0.3) is 10.9 Å². The minimum absolute atomic E-state index is 0.0228. The molecule has 0 saturated carbocycles. The number of carboxylic acid groups (broad SMARTS) is 1. The second-order valence-electron chi connectivity index (χ2n) is 6.30. The van der Waals surface area contributed by atoms with Gasteiger partial charge < -0.3 is 19.9 Å². The number of aromatic nitrogens is 1. The Labute approximate surface area is 155 Å². The normalized spacial score (nSPS) is 16.8. The maximum Gasteiger partial charge on any atom is 0.303 e. The van der Waals surface area contributed by atoms with Gasteiger partial charge in [0.25, 0.3) is 5.91 Å². The van der Waals surface area contributed by atoms with E-state index in [1.807, 2.05) is 24.3 Å². The molecule has 1 aliphatic rings. The van der Waals surface area contributed by atoms with Crippen molar-refractivity contribution in [3.05, 3.63) is 36.0 Å². The van der Waals surface area contributed by atoms with Crippen molar-refractivity contribution in [2.75, 3.05) is 25.2 Å². The average Bonchev–Trinajstić information content (AvgIpc) is 3.27. The highest BCUT2D eigenvalue weighted by Gasteiger charge is 2.37. The smallest absolute Gasteiger partial charge is 0.303 e. The lowest BCUT2D eigenvalue weighted by Crippen LogP contribution is -2.48. The molecule has 1 unspecified atom stereocenters. The number of carboxylic acids is 1. The number of nitrogens with zero attached hydrogens (tertiary/aromatic N) is 2. The summed E-state index contributed by atoms with van der Waals surface area (Å²) in [5, 5.41) is 9.56. The van der Waals surface area contributed by atoms with E-state index in [-0.39, 0.29) is 18.2 Å². The third-order valence-electron chi connectivity index (χ3n) is 4.51. The number of fused-ring (bicyclic) bond motifs is 1. The number of H-pyrrole nitrogens is 1. The number of aromatic amines is 1. The Morgan fingerprint density at radius 3 is 2.88 bits per heavy atom. The quantitative estimate of drug-likeness (QED) is 0.805. The molecule has 0 spiro atoms. The maximum atomic E-state index is 13.0. The number of hydrogen-bond donors (Lipinski definition) is 2. The van der Waals surface area contributed by atoms with Crippen molar-refractivity contribution in [1.82, 2.24) is 14.8 Å². The Morgan fingerprint density at radius 2 is 2.12 bits per heavy atom. The summed E-state index contributed by atoms with van der Waals surface area (Å²) < 4.78 is 0. The third-order valence-corrected chi connectivity index (χ3v) is 5.52. The second kappa shape index (κ2) is 7.82. The Balaban J connectivity index is 1.72. The lowest BCUT2D eigenvalue weighted by molar-refractivity contribution is -0.138. The zero-order chi connectivity index (χ0) is 18.7. The SMILES string of the molecule is CN(CCCC(=O)O)C(=O)C1CSCN1C(=O)c1c[nH]c2ccccc12. The van der Waals surface area contributed by atoms with Crippen LogP contribution in [0, 0.1) is 0 Å². The van der Waals surface area contributed by atoms with Gasteiger partial charge in [-0.15, -0.1) is 11.8 Å². The van der Waals surface area contributed by atoms with Crippen LogP contribution in [-0.2, 0) is 9.59 Å². The lowest BCUT2D eigenvalue weighted by atomic mass is 10.1. The van der Waals surface area contributed by atoms with Crippen molar-refractivity contribution in [1.29, 1.82) is 0 Å². The van der Waals surface area contributed by atoms with E-state index in [9.17, 15) is 14.4 Å². The minimum Gasteiger partial charge on any atom is -0.481 e. The topological polar surface area (TPSA) is 93.7 Å². The highest BCUT2D eigenvalue weighted by atomic mass is 32.2. The average molecular weight is 375 g/mol. The maximum absolute atomic E-state index is 13.0. The van der Waals surface area contributed by atoms with Gasteiger partial charge in [-0.1, -0.05) is 18.2 Å². The number of thioether (sulfide) groups is 1. The molecule has 1 aliphatic heterocycles. The molecule has 1 aromatic heterocycles. The first-order valence-electron chi connectivity index (χ1n) is 8.40. The molecule has 1 aromatic carbocycles. The molecular formula is C18H21N3O4S. The van der Waals surface area contributed by atoms with Crippen molar-refractivity contribution in [3.63, 3.8) is 0 Å². The van der Waals surface area contributed by atoms with Crippen LogP contribution in [0.4, 0.5) is 0 Å². The van der Waals surface area contributed by atoms with E-state index in [0.29, 0.717) is 30.2 Å². The fraction of sp³-hybridized carbons (Fsp3) is 0.389. The summed E-state index contributed by atoms with van der Waals surface area (Å²) in [5.41, 5.74) is 1.45. The molecular weight excluding hydrogens is 354 g/mol. The highest BCUT2D eigenvalue weighted by Crippen LogP contribution is 2.27. The number of likely N-dealkylation sites (N-methyl/N-ethyl adjacent to an activating group) is 1. The fourth-order valence-electron chi connectivity index (χ4n) is 3.08. The number of hydrogen-bond acceptors (Lipinski definition) is 4. The Hall–Kier alpha value is -2.48. The molecule has 0 aliphatic carbocycles. The zero-order valence-corrected chi connectivity index (χ0v) is 15.3. The van der Waals surface area contributed by atoms with Crippen molar-refractivity contribution >= 4 is 40.4 Å². The standard InChI is InChI=1S/C18H21N3O4S/c1-20(8-4-7-16(22)23)18(25)15-10-26-11-21(15)17(24)13-9-19-14-6-3-2-5-12(13)14/h2-3,5-6,9,15,19H,4,7-8,10-11H2,1H3,(H,22,23). The number of carbonyl (C=O) groups is 3. The Morgan fingerprint density at radius 1 is 1.35 bits per heavy atom. The molecule has 138 valence electrons. The first-order valence-corrected chi connectivity index (χ1v) is 9.56. The number of rotatable bonds is 6. The Kier molecular flexibility index (Phi) is 5.51. The van der Waals surface area contributed by atoms with Crippen LogP contribution in [0.3, 0.4) is 0 Å². The van der Waals surface area contributed by atoms with Gasteiger partial charge in [0, 0.05) is 42.9 Å². The van der Waals surface area contributed by atoms with E-state index in [1.165, 1.54) is 4.90 Å². The molecule has 2 aromatic rings. The molecule has 1 saturated heterocycles. The number of carbonyl (C=O) groups excluding carboxylic acids is 2. The van der Waals surface area contributed by atoms with Crippen LogP contribution >= 0.6 is 11.8 Å². The molecule has 26 heavy (non-hydrogen) atoms. The molecule has 0 radical (unpaired) electrons. The molecule has 7 nitrogen and oxygen atoms in total. The van der Waals surface area contributed by atoms with Gasteiger partial charge >= 0.3 is 5.97 Å². The third kappa shape index (κ3) is 3.70. The summed E-state index contributed by atoms with van der Waals surface area (Å²) in [6.45, 7) is 0.363. The Bertz CT molecular complexity index is 835. The van der Waals surface area contributed by atoms with Crippen molar-refractivity contribution < 1.29 is 19.5 Å². The minimum atomic E-state index is -0.876. The molecule has 8 heteroatoms. The molecule has 1 fully saturated rings. The van der Waals surface area contributed by atoms with E-state index in [2.05, 4.69) is 4.98 Å². The number of nitrogens with one attached hydrogen (secondary N) is 1. The van der Waals surface area contributed by atoms with Crippen molar-refractivity contribution in [2.24, 2.45) is 0 Å². The van der Waals surface area contributed by atoms with Crippen LogP contribution < -0.4 is 0 Å². The summed E-state index contributed by atoms with van der Waals surface area (Å²) in [6.07, 6.45) is 2.11. The molecule has 3 rings (SSSR count). The van der Waals surface area contributed by atoms with Crippen LogP contribution in [-0.4, -0.2) is 68.9 Å². The van der Waals surface area contributed by atoms with E-state index in [4.69, 9.17) is 5.11 Å². The first kappa shape index (κ1) is 18.3. The van der Waals surface area contributed by atoms with Gasteiger partial charge in [0.1, 0.15) is 6.04 Å². The van der Waals surface area contributed by atoms with Crippen molar-refractivity contribution in [3.8, 4) is 0 Å². The number of benzene rings is 1. The second-order valence-corrected chi connectivity index (χ2v) is 7.30. The lowest BCUT2D eigenvalue weighted by Gasteiger charge is -2.27. The van der Waals surface area contributed by atoms with Gasteiger partial charge in [0.2, 0.25) is 5.91 Å². The van der Waals surface area contributed by atoms with Crippen LogP contribution in [0.5, 0.6) is 0 Å². The van der Waals surface area contributed by atoms with E-state index < -0.39 is 12.0 Å². The monoisotopic (exact) mass is 375 g/mol. The van der Waals surface area contributed by atoms with Crippen molar-refractivity contribution in [2.45, 2.75) is 18.9 Å². The fourth-order valence-corrected chi connectivity index (χ4v) is 4.23.